The molecule has 2 aromatic rings. The molecule has 0 amide bonds. The molecule has 0 fully saturated rings. The molecule has 1 aromatic carbocycles. The molecule has 1 heteroatoms. The van der Waals surface area contributed by atoms with E-state index >= 15 is 0 Å². The summed E-state index contributed by atoms with van der Waals surface area (Å²) in [5.74, 6) is 0. The van der Waals surface area contributed by atoms with Crippen molar-refractivity contribution in [1.29, 1.82) is 0 Å². The van der Waals surface area contributed by atoms with E-state index < -0.39 is 0 Å². The predicted molar refractivity (Wildman–Crippen MR) is 96.4 cm³/mol. The van der Waals surface area contributed by atoms with Gasteiger partial charge in [-0.3, -0.25) is 0 Å². The molecule has 22 heavy (non-hydrogen) atoms. The van der Waals surface area contributed by atoms with Crippen LogP contribution in [0.25, 0.3) is 0 Å². The topological polar surface area (TPSA) is 4.93 Å². The standard InChI is InChI=1S/C21H31N/c1-3-4-5-6-7-8-12-15-20-16-17-21(22(20)2)18-19-13-10-9-11-14-19/h9-11,13-14,16-17H,3-8,12,15,18H2,1-2H3. The monoisotopic (exact) mass is 297 g/mol. The summed E-state index contributed by atoms with van der Waals surface area (Å²) in [7, 11) is 2.22. The number of rotatable bonds is 10. The number of unbranched alkanes of at least 4 members (excludes halogenated alkanes) is 6. The normalized spacial score (nSPS) is 11.0. The SMILES string of the molecule is CCCCCCCCCc1ccc(Cc2ccccc2)n1C. The van der Waals surface area contributed by atoms with Crippen LogP contribution in [0.4, 0.5) is 0 Å². The first-order valence-electron chi connectivity index (χ1n) is 8.98. The molecule has 0 saturated carbocycles. The van der Waals surface area contributed by atoms with Crippen molar-refractivity contribution in [2.75, 3.05) is 0 Å². The molecular formula is C21H31N. The number of nitrogens with zero attached hydrogens (tertiary/aromatic N) is 1. The van der Waals surface area contributed by atoms with Crippen molar-refractivity contribution >= 4 is 0 Å². The molecule has 0 spiro atoms. The van der Waals surface area contributed by atoms with Crippen LogP contribution in [-0.4, -0.2) is 4.57 Å². The van der Waals surface area contributed by atoms with Crippen molar-refractivity contribution in [3.63, 3.8) is 0 Å². The largest absolute Gasteiger partial charge is 0.351 e. The molecule has 0 radical (unpaired) electrons. The molecule has 1 heterocycles. The summed E-state index contributed by atoms with van der Waals surface area (Å²) >= 11 is 0. The quantitative estimate of drug-likeness (QED) is 0.480. The molecule has 0 aliphatic heterocycles. The molecule has 2 rings (SSSR count). The van der Waals surface area contributed by atoms with E-state index in [0.717, 1.165) is 6.42 Å². The van der Waals surface area contributed by atoms with E-state index in [2.05, 4.69) is 61.0 Å². The maximum atomic E-state index is 2.39. The minimum Gasteiger partial charge on any atom is -0.351 e. The summed E-state index contributed by atoms with van der Waals surface area (Å²) < 4.78 is 2.39. The van der Waals surface area contributed by atoms with Gasteiger partial charge in [0.2, 0.25) is 0 Å². The lowest BCUT2D eigenvalue weighted by molar-refractivity contribution is 0.583. The lowest BCUT2D eigenvalue weighted by Crippen LogP contribution is -2.02. The van der Waals surface area contributed by atoms with Gasteiger partial charge in [-0.2, -0.15) is 0 Å². The Morgan fingerprint density at radius 3 is 2.09 bits per heavy atom. The number of aryl methyl sites for hydroxylation is 1. The summed E-state index contributed by atoms with van der Waals surface area (Å²) in [6, 6.07) is 15.4. The van der Waals surface area contributed by atoms with Gasteiger partial charge in [0.15, 0.2) is 0 Å². The van der Waals surface area contributed by atoms with Gasteiger partial charge < -0.3 is 4.57 Å². The van der Waals surface area contributed by atoms with E-state index in [4.69, 9.17) is 0 Å². The Morgan fingerprint density at radius 2 is 1.36 bits per heavy atom. The maximum Gasteiger partial charge on any atom is 0.0218 e. The lowest BCUT2D eigenvalue weighted by Gasteiger charge is -2.08. The van der Waals surface area contributed by atoms with Crippen molar-refractivity contribution < 1.29 is 0 Å². The zero-order chi connectivity index (χ0) is 15.6. The third kappa shape index (κ3) is 5.36. The Hall–Kier alpha value is -1.50. The third-order valence-corrected chi connectivity index (χ3v) is 4.59. The van der Waals surface area contributed by atoms with Crippen molar-refractivity contribution in [2.24, 2.45) is 7.05 Å². The van der Waals surface area contributed by atoms with Gasteiger partial charge in [0.05, 0.1) is 0 Å². The second-order valence-corrected chi connectivity index (χ2v) is 6.41. The Morgan fingerprint density at radius 1 is 0.727 bits per heavy atom. The highest BCUT2D eigenvalue weighted by molar-refractivity contribution is 5.25. The average Bonchev–Trinajstić information content (AvgIpc) is 2.88. The molecule has 0 aliphatic carbocycles. The van der Waals surface area contributed by atoms with E-state index in [1.54, 1.807) is 0 Å². The van der Waals surface area contributed by atoms with Crippen LogP contribution in [0.3, 0.4) is 0 Å². The van der Waals surface area contributed by atoms with E-state index in [-0.39, 0.29) is 0 Å². The van der Waals surface area contributed by atoms with Crippen LogP contribution >= 0.6 is 0 Å². The van der Waals surface area contributed by atoms with E-state index in [0.29, 0.717) is 0 Å². The zero-order valence-electron chi connectivity index (χ0n) is 14.4. The zero-order valence-corrected chi connectivity index (χ0v) is 14.4. The fourth-order valence-corrected chi connectivity index (χ4v) is 3.10. The molecule has 0 atom stereocenters. The molecule has 1 nitrogen and oxygen atoms in total. The van der Waals surface area contributed by atoms with E-state index in [1.807, 2.05) is 0 Å². The first-order valence-corrected chi connectivity index (χ1v) is 8.98. The molecule has 120 valence electrons. The minimum absolute atomic E-state index is 1.04. The molecule has 0 N–H and O–H groups in total. The van der Waals surface area contributed by atoms with Crippen LogP contribution < -0.4 is 0 Å². The second kappa shape index (κ2) is 9.50. The van der Waals surface area contributed by atoms with Gasteiger partial charge in [-0.15, -0.1) is 0 Å². The van der Waals surface area contributed by atoms with Crippen LogP contribution in [0.2, 0.25) is 0 Å². The van der Waals surface area contributed by atoms with Gasteiger partial charge in [-0.05, 0) is 30.5 Å². The van der Waals surface area contributed by atoms with Crippen LogP contribution in [0.1, 0.15) is 68.8 Å². The third-order valence-electron chi connectivity index (χ3n) is 4.59. The van der Waals surface area contributed by atoms with Crippen molar-refractivity contribution in [1.82, 2.24) is 4.57 Å². The molecular weight excluding hydrogens is 266 g/mol. The molecule has 0 aliphatic rings. The number of benzene rings is 1. The second-order valence-electron chi connectivity index (χ2n) is 6.41. The fourth-order valence-electron chi connectivity index (χ4n) is 3.10. The summed E-state index contributed by atoms with van der Waals surface area (Å²) in [4.78, 5) is 0. The van der Waals surface area contributed by atoms with Crippen LogP contribution in [0.15, 0.2) is 42.5 Å². The van der Waals surface area contributed by atoms with Crippen molar-refractivity contribution in [3.05, 3.63) is 59.4 Å². The highest BCUT2D eigenvalue weighted by atomic mass is 14.9. The van der Waals surface area contributed by atoms with Crippen molar-refractivity contribution in [2.45, 2.75) is 64.7 Å². The van der Waals surface area contributed by atoms with Crippen LogP contribution in [0.5, 0.6) is 0 Å². The Kier molecular flexibility index (Phi) is 7.28. The minimum atomic E-state index is 1.04. The Labute approximate surface area is 136 Å². The molecule has 0 unspecified atom stereocenters. The summed E-state index contributed by atoms with van der Waals surface area (Å²) in [6.07, 6.45) is 11.9. The van der Waals surface area contributed by atoms with Gasteiger partial charge >= 0.3 is 0 Å². The molecule has 0 saturated heterocycles. The maximum absolute atomic E-state index is 2.39. The highest BCUT2D eigenvalue weighted by Gasteiger charge is 2.05. The lowest BCUT2D eigenvalue weighted by atomic mass is 10.1. The van der Waals surface area contributed by atoms with Gasteiger partial charge in [0.1, 0.15) is 0 Å². The van der Waals surface area contributed by atoms with Gasteiger partial charge in [0, 0.05) is 24.9 Å². The first kappa shape index (κ1) is 16.9. The van der Waals surface area contributed by atoms with Crippen molar-refractivity contribution in [3.8, 4) is 0 Å². The Balaban J connectivity index is 1.74. The first-order chi connectivity index (χ1) is 10.8. The van der Waals surface area contributed by atoms with E-state index in [9.17, 15) is 0 Å². The summed E-state index contributed by atoms with van der Waals surface area (Å²) in [5.41, 5.74) is 4.30. The van der Waals surface area contributed by atoms with Crippen LogP contribution in [-0.2, 0) is 19.9 Å². The highest BCUT2D eigenvalue weighted by Crippen LogP contribution is 2.16. The van der Waals surface area contributed by atoms with Gasteiger partial charge in [-0.25, -0.2) is 0 Å². The van der Waals surface area contributed by atoms with Gasteiger partial charge in [-0.1, -0.05) is 75.8 Å². The van der Waals surface area contributed by atoms with Crippen LogP contribution in [0, 0.1) is 0 Å². The summed E-state index contributed by atoms with van der Waals surface area (Å²) in [5, 5.41) is 0. The number of aromatic nitrogens is 1. The average molecular weight is 297 g/mol. The fraction of sp³-hybridized carbons (Fsp3) is 0.524. The smallest absolute Gasteiger partial charge is 0.0218 e. The van der Waals surface area contributed by atoms with Gasteiger partial charge in [0.25, 0.3) is 0 Å². The molecule has 1 aromatic heterocycles. The van der Waals surface area contributed by atoms with E-state index in [1.165, 1.54) is 68.3 Å². The number of hydrogen-bond acceptors (Lipinski definition) is 0. The predicted octanol–water partition coefficient (Wildman–Crippen LogP) is 5.91. The number of hydrogen-bond donors (Lipinski definition) is 0. The summed E-state index contributed by atoms with van der Waals surface area (Å²) in [6.45, 7) is 2.28. The molecule has 0 bridgehead atoms. The Bertz CT molecular complexity index is 524.